The number of nitrogens with zero attached hydrogens (tertiary/aromatic N) is 3. The predicted octanol–water partition coefficient (Wildman–Crippen LogP) is 2.68. The second-order valence-electron chi connectivity index (χ2n) is 7.84. The number of anilines is 1. The summed E-state index contributed by atoms with van der Waals surface area (Å²) in [6, 6.07) is 4.43. The van der Waals surface area contributed by atoms with Gasteiger partial charge in [-0.25, -0.2) is 4.98 Å². The zero-order valence-corrected chi connectivity index (χ0v) is 15.1. The topological polar surface area (TPSA) is 48.5 Å². The van der Waals surface area contributed by atoms with Crippen LogP contribution in [0.1, 0.15) is 55.3 Å². The van der Waals surface area contributed by atoms with Crippen LogP contribution < -0.4 is 10.2 Å². The summed E-state index contributed by atoms with van der Waals surface area (Å²) in [7, 11) is 0. The number of carbonyl (C=O) groups excluding carboxylic acids is 1. The van der Waals surface area contributed by atoms with Crippen LogP contribution in [0.25, 0.3) is 0 Å². The average Bonchev–Trinajstić information content (AvgIpc) is 3.51. The highest BCUT2D eigenvalue weighted by Crippen LogP contribution is 2.28. The molecule has 136 valence electrons. The first-order chi connectivity index (χ1) is 12.3. The Morgan fingerprint density at radius 3 is 2.56 bits per heavy atom. The maximum Gasteiger partial charge on any atom is 0.257 e. The summed E-state index contributed by atoms with van der Waals surface area (Å²) in [6.07, 6.45) is 10.4. The normalized spacial score (nSPS) is 22.2. The van der Waals surface area contributed by atoms with E-state index >= 15 is 0 Å². The van der Waals surface area contributed by atoms with Crippen molar-refractivity contribution >= 4 is 11.7 Å². The Balaban J connectivity index is 1.37. The second-order valence-corrected chi connectivity index (χ2v) is 7.84. The minimum absolute atomic E-state index is 0.161. The minimum atomic E-state index is 0.161. The summed E-state index contributed by atoms with van der Waals surface area (Å²) in [5.74, 6) is 1.97. The van der Waals surface area contributed by atoms with Gasteiger partial charge in [0, 0.05) is 38.4 Å². The second kappa shape index (κ2) is 7.73. The first-order valence-corrected chi connectivity index (χ1v) is 10.0. The van der Waals surface area contributed by atoms with Gasteiger partial charge in [0.2, 0.25) is 0 Å². The molecule has 1 aromatic heterocycles. The fraction of sp³-hybridized carbons (Fsp3) is 0.700. The Morgan fingerprint density at radius 2 is 1.84 bits per heavy atom. The van der Waals surface area contributed by atoms with Crippen molar-refractivity contribution in [1.29, 1.82) is 0 Å². The van der Waals surface area contributed by atoms with Crippen LogP contribution in [0.4, 0.5) is 5.82 Å². The van der Waals surface area contributed by atoms with Crippen molar-refractivity contribution in [3.8, 4) is 0 Å². The maximum absolute atomic E-state index is 13.1. The van der Waals surface area contributed by atoms with Gasteiger partial charge in [-0.2, -0.15) is 0 Å². The van der Waals surface area contributed by atoms with E-state index < -0.39 is 0 Å². The third-order valence-corrected chi connectivity index (χ3v) is 5.85. The number of carbonyl (C=O) groups is 1. The number of rotatable bonds is 5. The first-order valence-electron chi connectivity index (χ1n) is 10.0. The van der Waals surface area contributed by atoms with Crippen molar-refractivity contribution in [3.63, 3.8) is 0 Å². The molecule has 25 heavy (non-hydrogen) atoms. The van der Waals surface area contributed by atoms with Gasteiger partial charge in [-0.15, -0.1) is 0 Å². The van der Waals surface area contributed by atoms with Gasteiger partial charge in [-0.3, -0.25) is 4.79 Å². The summed E-state index contributed by atoms with van der Waals surface area (Å²) < 4.78 is 0. The number of likely N-dealkylation sites (tertiary alicyclic amines) is 1. The van der Waals surface area contributed by atoms with Crippen molar-refractivity contribution in [2.45, 2.75) is 51.0 Å². The van der Waals surface area contributed by atoms with E-state index in [1.807, 2.05) is 23.2 Å². The number of pyridine rings is 1. The number of hydrogen-bond acceptors (Lipinski definition) is 4. The SMILES string of the molecule is O=C(c1cccnc1N1CCCCC1)N1CCC(NCC2CC2)CC1. The average molecular weight is 342 g/mol. The molecule has 0 atom stereocenters. The van der Waals surface area contributed by atoms with Gasteiger partial charge in [0.25, 0.3) is 5.91 Å². The quantitative estimate of drug-likeness (QED) is 0.894. The molecule has 5 heteroatoms. The van der Waals surface area contributed by atoms with Gasteiger partial charge in [-0.05, 0) is 69.5 Å². The summed E-state index contributed by atoms with van der Waals surface area (Å²) in [6.45, 7) is 4.92. The largest absolute Gasteiger partial charge is 0.356 e. The zero-order chi connectivity index (χ0) is 17.1. The van der Waals surface area contributed by atoms with E-state index in [-0.39, 0.29) is 5.91 Å². The van der Waals surface area contributed by atoms with Crippen molar-refractivity contribution in [1.82, 2.24) is 15.2 Å². The van der Waals surface area contributed by atoms with E-state index in [0.717, 1.165) is 56.3 Å². The Hall–Kier alpha value is -1.62. The van der Waals surface area contributed by atoms with Gasteiger partial charge >= 0.3 is 0 Å². The monoisotopic (exact) mass is 342 g/mol. The molecule has 0 aromatic carbocycles. The molecular weight excluding hydrogens is 312 g/mol. The molecule has 0 bridgehead atoms. The molecule has 2 aliphatic heterocycles. The summed E-state index contributed by atoms with van der Waals surface area (Å²) in [4.78, 5) is 22.0. The molecule has 0 unspecified atom stereocenters. The fourth-order valence-corrected chi connectivity index (χ4v) is 4.03. The highest BCUT2D eigenvalue weighted by Gasteiger charge is 2.28. The van der Waals surface area contributed by atoms with E-state index in [0.29, 0.717) is 6.04 Å². The molecule has 0 radical (unpaired) electrons. The van der Waals surface area contributed by atoms with Crippen LogP contribution in [-0.4, -0.2) is 54.6 Å². The first kappa shape index (κ1) is 16.8. The standard InChI is InChI=1S/C20H30N4O/c25-20(24-13-8-17(9-14-24)22-15-16-6-7-16)18-5-4-10-21-19(18)23-11-2-1-3-12-23/h4-5,10,16-17,22H,1-3,6-9,11-15H2. The zero-order valence-electron chi connectivity index (χ0n) is 15.1. The lowest BCUT2D eigenvalue weighted by Crippen LogP contribution is -2.45. The summed E-state index contributed by atoms with van der Waals surface area (Å²) in [5, 5.41) is 3.69. The number of amides is 1. The highest BCUT2D eigenvalue weighted by atomic mass is 16.2. The number of piperidine rings is 2. The third-order valence-electron chi connectivity index (χ3n) is 5.85. The molecule has 2 saturated heterocycles. The Morgan fingerprint density at radius 1 is 1.08 bits per heavy atom. The molecule has 3 aliphatic rings. The van der Waals surface area contributed by atoms with Crippen LogP contribution in [0.15, 0.2) is 18.3 Å². The predicted molar refractivity (Wildman–Crippen MR) is 100.0 cm³/mol. The minimum Gasteiger partial charge on any atom is -0.356 e. The van der Waals surface area contributed by atoms with Crippen LogP contribution >= 0.6 is 0 Å². The van der Waals surface area contributed by atoms with Crippen molar-refractivity contribution in [3.05, 3.63) is 23.9 Å². The molecule has 4 rings (SSSR count). The number of aromatic nitrogens is 1. The molecule has 1 saturated carbocycles. The van der Waals surface area contributed by atoms with E-state index in [9.17, 15) is 4.79 Å². The van der Waals surface area contributed by atoms with Crippen LogP contribution in [0.3, 0.4) is 0 Å². The van der Waals surface area contributed by atoms with Crippen LogP contribution in [0.2, 0.25) is 0 Å². The van der Waals surface area contributed by atoms with Gasteiger partial charge < -0.3 is 15.1 Å². The molecule has 3 heterocycles. The molecule has 1 aliphatic carbocycles. The highest BCUT2D eigenvalue weighted by molar-refractivity contribution is 5.99. The molecule has 5 nitrogen and oxygen atoms in total. The van der Waals surface area contributed by atoms with Gasteiger partial charge in [0.1, 0.15) is 5.82 Å². The molecule has 1 N–H and O–H groups in total. The number of hydrogen-bond donors (Lipinski definition) is 1. The maximum atomic E-state index is 13.1. The van der Waals surface area contributed by atoms with Crippen molar-refractivity contribution in [2.24, 2.45) is 5.92 Å². The lowest BCUT2D eigenvalue weighted by atomic mass is 10.0. The van der Waals surface area contributed by atoms with E-state index in [1.54, 1.807) is 0 Å². The Labute approximate surface area is 150 Å². The third kappa shape index (κ3) is 4.14. The van der Waals surface area contributed by atoms with Gasteiger partial charge in [-0.1, -0.05) is 0 Å². The molecule has 0 spiro atoms. The fourth-order valence-electron chi connectivity index (χ4n) is 4.03. The van der Waals surface area contributed by atoms with Gasteiger partial charge in [0.15, 0.2) is 0 Å². The van der Waals surface area contributed by atoms with E-state index in [2.05, 4.69) is 15.2 Å². The van der Waals surface area contributed by atoms with Crippen molar-refractivity contribution in [2.75, 3.05) is 37.6 Å². The Bertz CT molecular complexity index is 587. The smallest absolute Gasteiger partial charge is 0.257 e. The molecule has 1 aromatic rings. The van der Waals surface area contributed by atoms with Crippen LogP contribution in [-0.2, 0) is 0 Å². The molecular formula is C20H30N4O. The van der Waals surface area contributed by atoms with Crippen molar-refractivity contribution < 1.29 is 4.79 Å². The lowest BCUT2D eigenvalue weighted by molar-refractivity contribution is 0.0705. The van der Waals surface area contributed by atoms with Crippen LogP contribution in [0, 0.1) is 5.92 Å². The molecule has 3 fully saturated rings. The van der Waals surface area contributed by atoms with E-state index in [1.165, 1.54) is 38.6 Å². The number of nitrogens with one attached hydrogen (secondary N) is 1. The summed E-state index contributed by atoms with van der Waals surface area (Å²) >= 11 is 0. The summed E-state index contributed by atoms with van der Waals surface area (Å²) in [5.41, 5.74) is 0.786. The lowest BCUT2D eigenvalue weighted by Gasteiger charge is -2.34. The Kier molecular flexibility index (Phi) is 5.20. The van der Waals surface area contributed by atoms with Crippen LogP contribution in [0.5, 0.6) is 0 Å². The van der Waals surface area contributed by atoms with E-state index in [4.69, 9.17) is 0 Å². The van der Waals surface area contributed by atoms with Gasteiger partial charge in [0.05, 0.1) is 5.56 Å². The molecule has 1 amide bonds.